The molecule has 0 aliphatic carbocycles. The maximum atomic E-state index is 5.40. The molecule has 5 rings (SSSR count). The number of pyridine rings is 1. The maximum Gasteiger partial charge on any atom is 0.163 e. The molecule has 0 bridgehead atoms. The molecule has 2 N–H and O–H groups in total. The Morgan fingerprint density at radius 3 is 2.71 bits per heavy atom. The Labute approximate surface area is 186 Å². The number of halogens is 1. The molecule has 0 aliphatic heterocycles. The predicted molar refractivity (Wildman–Crippen MR) is 124 cm³/mol. The Hall–Kier alpha value is -3.78. The third-order valence-electron chi connectivity index (χ3n) is 4.81. The molecule has 152 valence electrons. The zero-order valence-corrected chi connectivity index (χ0v) is 18.1. The molecule has 0 unspecified atom stereocenters. The SMILES string of the molecule is COc1ccc2nc(-c3cccnc3)nc(Nc3cc(-c4ccccc4Br)[nH]n3)c2c1. The number of aromatic nitrogens is 5. The van der Waals surface area contributed by atoms with Gasteiger partial charge in [0.1, 0.15) is 11.6 Å². The molecule has 0 aliphatic rings. The molecular weight excluding hydrogens is 456 g/mol. The second-order valence-corrected chi connectivity index (χ2v) is 7.65. The van der Waals surface area contributed by atoms with Crippen LogP contribution in [0.3, 0.4) is 0 Å². The summed E-state index contributed by atoms with van der Waals surface area (Å²) in [5, 5.41) is 11.7. The lowest BCUT2D eigenvalue weighted by molar-refractivity contribution is 0.415. The van der Waals surface area contributed by atoms with E-state index in [9.17, 15) is 0 Å². The first-order chi connectivity index (χ1) is 15.2. The van der Waals surface area contributed by atoms with Crippen LogP contribution in [0.25, 0.3) is 33.5 Å². The average Bonchev–Trinajstić information content (AvgIpc) is 3.28. The monoisotopic (exact) mass is 472 g/mol. The van der Waals surface area contributed by atoms with E-state index >= 15 is 0 Å². The van der Waals surface area contributed by atoms with Crippen LogP contribution < -0.4 is 10.1 Å². The lowest BCUT2D eigenvalue weighted by Crippen LogP contribution is -2.00. The second kappa shape index (κ2) is 8.16. The number of hydrogen-bond donors (Lipinski definition) is 2. The topological polar surface area (TPSA) is 88.6 Å². The second-order valence-electron chi connectivity index (χ2n) is 6.79. The fourth-order valence-corrected chi connectivity index (χ4v) is 3.78. The summed E-state index contributed by atoms with van der Waals surface area (Å²) in [6, 6.07) is 19.4. The summed E-state index contributed by atoms with van der Waals surface area (Å²) in [5.74, 6) is 2.58. The first-order valence-electron chi connectivity index (χ1n) is 9.55. The van der Waals surface area contributed by atoms with Crippen molar-refractivity contribution in [3.8, 4) is 28.4 Å². The van der Waals surface area contributed by atoms with Gasteiger partial charge in [0.05, 0.1) is 18.3 Å². The van der Waals surface area contributed by atoms with Gasteiger partial charge in [0.25, 0.3) is 0 Å². The van der Waals surface area contributed by atoms with E-state index in [4.69, 9.17) is 14.7 Å². The van der Waals surface area contributed by atoms with Crippen molar-refractivity contribution in [3.63, 3.8) is 0 Å². The standard InChI is InChI=1S/C23H17BrN6O/c1-31-15-8-9-19-17(11-15)23(28-22(26-19)14-5-4-10-25-13-14)27-21-12-20(29-30-21)16-6-2-3-7-18(16)24/h2-13H,1H3,(H2,26,27,28,29,30). The third-order valence-corrected chi connectivity index (χ3v) is 5.50. The average molecular weight is 473 g/mol. The highest BCUT2D eigenvalue weighted by atomic mass is 79.9. The van der Waals surface area contributed by atoms with Crippen LogP contribution in [-0.2, 0) is 0 Å². The van der Waals surface area contributed by atoms with E-state index in [1.807, 2.05) is 60.7 Å². The quantitative estimate of drug-likeness (QED) is 0.346. The number of fused-ring (bicyclic) bond motifs is 1. The minimum absolute atomic E-state index is 0.579. The van der Waals surface area contributed by atoms with Gasteiger partial charge in [-0.15, -0.1) is 0 Å². The van der Waals surface area contributed by atoms with Crippen LogP contribution in [0.4, 0.5) is 11.6 Å². The summed E-state index contributed by atoms with van der Waals surface area (Å²) in [6.45, 7) is 0. The Balaban J connectivity index is 1.59. The highest BCUT2D eigenvalue weighted by molar-refractivity contribution is 9.10. The molecule has 31 heavy (non-hydrogen) atoms. The molecule has 0 amide bonds. The Morgan fingerprint density at radius 2 is 1.90 bits per heavy atom. The molecule has 0 radical (unpaired) electrons. The predicted octanol–water partition coefficient (Wildman–Crippen LogP) is 5.60. The highest BCUT2D eigenvalue weighted by Crippen LogP contribution is 2.32. The molecule has 0 atom stereocenters. The van der Waals surface area contributed by atoms with Crippen LogP contribution in [0.2, 0.25) is 0 Å². The third kappa shape index (κ3) is 3.85. The minimum atomic E-state index is 0.579. The fourth-order valence-electron chi connectivity index (χ4n) is 3.28. The zero-order chi connectivity index (χ0) is 21.2. The lowest BCUT2D eigenvalue weighted by atomic mass is 10.1. The van der Waals surface area contributed by atoms with Gasteiger partial charge in [0, 0.05) is 39.4 Å². The van der Waals surface area contributed by atoms with Gasteiger partial charge in [-0.25, -0.2) is 9.97 Å². The number of nitrogens with zero attached hydrogens (tertiary/aromatic N) is 4. The van der Waals surface area contributed by atoms with Gasteiger partial charge < -0.3 is 10.1 Å². The molecule has 0 saturated heterocycles. The van der Waals surface area contributed by atoms with Crippen molar-refractivity contribution in [3.05, 3.63) is 77.5 Å². The first kappa shape index (κ1) is 19.2. The number of benzene rings is 2. The molecule has 8 heteroatoms. The van der Waals surface area contributed by atoms with E-state index in [-0.39, 0.29) is 0 Å². The smallest absolute Gasteiger partial charge is 0.163 e. The molecule has 0 fully saturated rings. The normalized spacial score (nSPS) is 10.9. The number of aromatic amines is 1. The lowest BCUT2D eigenvalue weighted by Gasteiger charge is -2.10. The van der Waals surface area contributed by atoms with Crippen LogP contribution >= 0.6 is 15.9 Å². The summed E-state index contributed by atoms with van der Waals surface area (Å²) < 4.78 is 6.38. The molecule has 2 aromatic carbocycles. The van der Waals surface area contributed by atoms with Crippen LogP contribution in [-0.4, -0.2) is 32.3 Å². The zero-order valence-electron chi connectivity index (χ0n) is 16.5. The number of anilines is 2. The van der Waals surface area contributed by atoms with Gasteiger partial charge >= 0.3 is 0 Å². The number of H-pyrrole nitrogens is 1. The number of rotatable bonds is 5. The molecule has 5 aromatic rings. The van der Waals surface area contributed by atoms with Gasteiger partial charge in [-0.3, -0.25) is 10.1 Å². The number of ether oxygens (including phenoxy) is 1. The first-order valence-corrected chi connectivity index (χ1v) is 10.3. The van der Waals surface area contributed by atoms with Crippen molar-refractivity contribution >= 4 is 38.5 Å². The summed E-state index contributed by atoms with van der Waals surface area (Å²) in [4.78, 5) is 13.7. The molecule has 3 heterocycles. The molecule has 0 saturated carbocycles. The summed E-state index contributed by atoms with van der Waals surface area (Å²) >= 11 is 3.58. The number of hydrogen-bond acceptors (Lipinski definition) is 6. The van der Waals surface area contributed by atoms with Crippen molar-refractivity contribution in [2.24, 2.45) is 0 Å². The minimum Gasteiger partial charge on any atom is -0.497 e. The van der Waals surface area contributed by atoms with Crippen LogP contribution in [0.1, 0.15) is 0 Å². The van der Waals surface area contributed by atoms with Crippen molar-refractivity contribution in [1.29, 1.82) is 0 Å². The molecule has 7 nitrogen and oxygen atoms in total. The van der Waals surface area contributed by atoms with Gasteiger partial charge in [-0.2, -0.15) is 5.10 Å². The van der Waals surface area contributed by atoms with Gasteiger partial charge in [-0.05, 0) is 36.4 Å². The van der Waals surface area contributed by atoms with E-state index in [0.29, 0.717) is 17.5 Å². The van der Waals surface area contributed by atoms with E-state index in [1.165, 1.54) is 0 Å². The van der Waals surface area contributed by atoms with Crippen molar-refractivity contribution < 1.29 is 4.74 Å². The number of nitrogens with one attached hydrogen (secondary N) is 2. The van der Waals surface area contributed by atoms with E-state index in [2.05, 4.69) is 36.4 Å². The summed E-state index contributed by atoms with van der Waals surface area (Å²) in [7, 11) is 1.64. The Kier molecular flexibility index (Phi) is 5.05. The Morgan fingerprint density at radius 1 is 1.00 bits per heavy atom. The fraction of sp³-hybridized carbons (Fsp3) is 0.0435. The van der Waals surface area contributed by atoms with E-state index in [1.54, 1.807) is 19.5 Å². The molecule has 0 spiro atoms. The highest BCUT2D eigenvalue weighted by Gasteiger charge is 2.13. The van der Waals surface area contributed by atoms with Gasteiger partial charge in [-0.1, -0.05) is 34.1 Å². The van der Waals surface area contributed by atoms with Crippen molar-refractivity contribution in [2.45, 2.75) is 0 Å². The van der Waals surface area contributed by atoms with Gasteiger partial charge in [0.2, 0.25) is 0 Å². The van der Waals surface area contributed by atoms with E-state index < -0.39 is 0 Å². The summed E-state index contributed by atoms with van der Waals surface area (Å²) in [6.07, 6.45) is 3.47. The van der Waals surface area contributed by atoms with Crippen molar-refractivity contribution in [1.82, 2.24) is 25.1 Å². The Bertz CT molecular complexity index is 1370. The van der Waals surface area contributed by atoms with Crippen LogP contribution in [0.15, 0.2) is 77.5 Å². The number of methoxy groups -OCH3 is 1. The van der Waals surface area contributed by atoms with Crippen LogP contribution in [0, 0.1) is 0 Å². The van der Waals surface area contributed by atoms with Gasteiger partial charge in [0.15, 0.2) is 11.6 Å². The maximum absolute atomic E-state index is 5.40. The largest absolute Gasteiger partial charge is 0.497 e. The van der Waals surface area contributed by atoms with E-state index in [0.717, 1.165) is 37.9 Å². The molecular formula is C23H17BrN6O. The summed E-state index contributed by atoms with van der Waals surface area (Å²) in [5.41, 5.74) is 3.53. The molecule has 3 aromatic heterocycles. The van der Waals surface area contributed by atoms with Crippen molar-refractivity contribution in [2.75, 3.05) is 12.4 Å². The van der Waals surface area contributed by atoms with Crippen LogP contribution in [0.5, 0.6) is 5.75 Å².